The van der Waals surface area contributed by atoms with Crippen LogP contribution in [0.1, 0.15) is 203 Å². The van der Waals surface area contributed by atoms with Crippen LogP contribution in [0.5, 0.6) is 11.5 Å². The van der Waals surface area contributed by atoms with Crippen molar-refractivity contribution in [3.63, 3.8) is 0 Å². The van der Waals surface area contributed by atoms with Crippen molar-refractivity contribution in [2.24, 2.45) is 11.8 Å². The van der Waals surface area contributed by atoms with Crippen LogP contribution < -0.4 is 4.74 Å². The highest BCUT2D eigenvalue weighted by Gasteiger charge is 2.54. The molecular formula is C74H104N2O5. The molecule has 0 radical (unpaired) electrons. The quantitative estimate of drug-likeness (QED) is 0.0399. The summed E-state index contributed by atoms with van der Waals surface area (Å²) in [5.74, 6) is 1.94. The fraction of sp³-hybridized carbons (Fsp3) is 0.541. The second-order valence-electron chi connectivity index (χ2n) is 23.7. The monoisotopic (exact) mass is 1100 g/mol. The van der Waals surface area contributed by atoms with E-state index in [2.05, 4.69) is 184 Å². The van der Waals surface area contributed by atoms with Gasteiger partial charge >= 0.3 is 11.9 Å². The second-order valence-corrected chi connectivity index (χ2v) is 23.7. The largest absolute Gasteiger partial charge is 0.508 e. The zero-order valence-corrected chi connectivity index (χ0v) is 50.5. The predicted molar refractivity (Wildman–Crippen MR) is 341 cm³/mol. The van der Waals surface area contributed by atoms with E-state index in [1.807, 2.05) is 12.1 Å². The molecule has 6 atom stereocenters. The van der Waals surface area contributed by atoms with E-state index in [0.717, 1.165) is 120 Å². The normalized spacial score (nSPS) is 24.6. The average molecular weight is 1100 g/mol. The number of carbonyl (C=O) groups is 2. The Morgan fingerprint density at radius 2 is 0.914 bits per heavy atom. The zero-order valence-electron chi connectivity index (χ0n) is 50.5. The van der Waals surface area contributed by atoms with Gasteiger partial charge in [-0.2, -0.15) is 0 Å². The van der Waals surface area contributed by atoms with Crippen LogP contribution in [-0.2, 0) is 33.3 Å². The van der Waals surface area contributed by atoms with Gasteiger partial charge in [-0.15, -0.1) is 0 Å². The number of aromatic hydroxyl groups is 1. The maximum atomic E-state index is 12.6. The molecule has 440 valence electrons. The first-order chi connectivity index (χ1) is 39.6. The van der Waals surface area contributed by atoms with Gasteiger partial charge in [-0.1, -0.05) is 173 Å². The van der Waals surface area contributed by atoms with Crippen LogP contribution in [-0.4, -0.2) is 71.2 Å². The first-order valence-corrected chi connectivity index (χ1v) is 31.9. The van der Waals surface area contributed by atoms with E-state index < -0.39 is 5.97 Å². The number of carbonyl (C=O) groups excluding carboxylic acids is 1. The van der Waals surface area contributed by atoms with Crippen LogP contribution in [0, 0.1) is 11.8 Å². The van der Waals surface area contributed by atoms with Crippen molar-refractivity contribution in [2.75, 3.05) is 27.2 Å². The van der Waals surface area contributed by atoms with Crippen LogP contribution >= 0.6 is 0 Å². The highest BCUT2D eigenvalue weighted by molar-refractivity contribution is 5.72. The Kier molecular flexibility index (Phi) is 28.9. The van der Waals surface area contributed by atoms with Gasteiger partial charge < -0.3 is 24.7 Å². The summed E-state index contributed by atoms with van der Waals surface area (Å²) < 4.78 is 5.85. The number of phenolic OH excluding ortho intramolecular Hbond substituents is 1. The van der Waals surface area contributed by atoms with E-state index in [-0.39, 0.29) is 12.4 Å². The Morgan fingerprint density at radius 3 is 1.35 bits per heavy atom. The average Bonchev–Trinajstić information content (AvgIpc) is 3.56. The van der Waals surface area contributed by atoms with Gasteiger partial charge in [-0.25, -0.2) is 0 Å². The number of carboxylic acid groups (broad SMARTS) is 1. The molecule has 2 saturated carbocycles. The Balaban J connectivity index is 0.000000216. The number of hydrogen-bond acceptors (Lipinski definition) is 6. The summed E-state index contributed by atoms with van der Waals surface area (Å²) in [6, 6.07) is 14.0. The SMILES string of the molecule is CC/C=C\C/C=C\C/C=C\C/C=C\C/C=C\CCCC(=O)O.CC/C=C\C/C=C\C/C=C\C/C=C\C/C=C\CCCC(=O)Oc1ccc2c(c1)[C@]13CCCCC1[C@H](C2)N(C)CC3.CN1CC[C@@]23CCCCC2[C@@H]1Cc1ccc(O)cc13. The van der Waals surface area contributed by atoms with Crippen molar-refractivity contribution < 1.29 is 24.5 Å². The molecule has 2 saturated heterocycles. The van der Waals surface area contributed by atoms with Crippen molar-refractivity contribution >= 4 is 11.9 Å². The Hall–Kier alpha value is -5.50. The van der Waals surface area contributed by atoms with Crippen molar-refractivity contribution in [1.29, 1.82) is 0 Å². The lowest BCUT2D eigenvalue weighted by molar-refractivity contribution is -0.137. The molecule has 0 amide bonds. The Bertz CT molecular complexity index is 2520. The van der Waals surface area contributed by atoms with Gasteiger partial charge in [-0.3, -0.25) is 9.59 Å². The molecule has 6 aliphatic rings. The third kappa shape index (κ3) is 20.4. The molecule has 7 heteroatoms. The van der Waals surface area contributed by atoms with Gasteiger partial charge in [0.25, 0.3) is 0 Å². The number of carboxylic acids is 1. The molecule has 2 unspecified atom stereocenters. The Morgan fingerprint density at radius 1 is 0.519 bits per heavy atom. The highest BCUT2D eigenvalue weighted by atomic mass is 16.5. The minimum absolute atomic E-state index is 0.109. The van der Waals surface area contributed by atoms with Crippen LogP contribution in [0.25, 0.3) is 0 Å². The van der Waals surface area contributed by atoms with Gasteiger partial charge in [-0.05, 0) is 227 Å². The number of likely N-dealkylation sites (tertiary alicyclic amines) is 2. The van der Waals surface area contributed by atoms with Crippen LogP contribution in [0.2, 0.25) is 0 Å². The number of benzene rings is 2. The fourth-order valence-electron chi connectivity index (χ4n) is 14.1. The number of allylic oxidation sites excluding steroid dienone is 20. The molecular weight excluding hydrogens is 997 g/mol. The van der Waals surface area contributed by atoms with Crippen molar-refractivity contribution in [2.45, 2.75) is 217 Å². The first kappa shape index (κ1) is 64.7. The summed E-state index contributed by atoms with van der Waals surface area (Å²) >= 11 is 0. The molecule has 0 aromatic heterocycles. The van der Waals surface area contributed by atoms with Crippen LogP contribution in [0.3, 0.4) is 0 Å². The summed E-state index contributed by atoms with van der Waals surface area (Å²) in [6.45, 7) is 6.70. The standard InChI is InChI=1S/C37H51NO2.C20H30O2.C17H23NO/c1-3-4-5-6-7-8-9-10-11-12-13-14-15-16-17-18-19-23-36(39)40-32-25-24-31-29-35-33-22-20-21-26-37(33,34(31)30-32)27-28-38(35)2;1-2-3-4-5-6-7-8-9-10-11-12-13-14-15-16-17-18-19-20(21)22;1-18-9-8-17-7-3-2-4-14(17)16(18)10-12-5-6-13(19)11-15(12)17/h4-5,7-8,10-11,13-14,16-17,24-25,30,33,35H,3,6,9,12,15,18-23,26-29H2,1-2H3;3-4,6-7,9-10,12-13,15-16H,2,5,8,11,14,17-19H2,1H3,(H,21,22);5-6,11,14,16,19H,2-4,7-10H2,1H3/b5-4-,8-7-,11-10-,14-13-,17-16-;4-3-,7-6-,10-9-,13-12-,16-15-;/t33?,35-,37-;;14?,16-,17-/m0.0/s1. The number of phenols is 1. The number of fused-ring (bicyclic) bond motifs is 2. The number of aliphatic carboxylic acids is 1. The summed E-state index contributed by atoms with van der Waals surface area (Å²) in [5, 5.41) is 18.4. The van der Waals surface area contributed by atoms with Gasteiger partial charge in [0.2, 0.25) is 0 Å². The summed E-state index contributed by atoms with van der Waals surface area (Å²) in [5.41, 5.74) is 6.62. The molecule has 0 spiro atoms. The lowest BCUT2D eigenvalue weighted by Gasteiger charge is -2.58. The number of ether oxygens (including phenoxy) is 1. The second kappa shape index (κ2) is 36.2. The molecule has 2 aliphatic heterocycles. The van der Waals surface area contributed by atoms with Crippen LogP contribution in [0.15, 0.2) is 158 Å². The topological polar surface area (TPSA) is 90.3 Å². The van der Waals surface area contributed by atoms with E-state index in [1.54, 1.807) is 0 Å². The smallest absolute Gasteiger partial charge is 0.311 e. The van der Waals surface area contributed by atoms with Crippen molar-refractivity contribution in [3.05, 3.63) is 180 Å². The molecule has 4 aliphatic carbocycles. The summed E-state index contributed by atoms with van der Waals surface area (Å²) in [7, 11) is 4.61. The Labute approximate surface area is 491 Å². The maximum Gasteiger partial charge on any atom is 0.311 e. The lowest BCUT2D eigenvalue weighted by atomic mass is 9.52. The minimum atomic E-state index is -0.715. The van der Waals surface area contributed by atoms with E-state index in [1.165, 1.54) is 106 Å². The lowest BCUT2D eigenvalue weighted by Crippen LogP contribution is -2.59. The number of piperidine rings is 2. The number of hydrogen-bond donors (Lipinski definition) is 2. The number of nitrogens with zero attached hydrogens (tertiary/aromatic N) is 2. The zero-order chi connectivity index (χ0) is 57.4. The molecule has 2 N–H and O–H groups in total. The van der Waals surface area contributed by atoms with Crippen molar-refractivity contribution in [3.8, 4) is 11.5 Å². The maximum absolute atomic E-state index is 12.6. The molecule has 2 heterocycles. The molecule has 8 rings (SSSR count). The van der Waals surface area contributed by atoms with E-state index in [0.29, 0.717) is 29.0 Å². The molecule has 4 fully saturated rings. The first-order valence-electron chi connectivity index (χ1n) is 31.9. The molecule has 2 aromatic carbocycles. The van der Waals surface area contributed by atoms with Gasteiger partial charge in [0.15, 0.2) is 0 Å². The van der Waals surface area contributed by atoms with Gasteiger partial charge in [0, 0.05) is 35.8 Å². The molecule has 2 aromatic rings. The molecule has 7 nitrogen and oxygen atoms in total. The van der Waals surface area contributed by atoms with Crippen molar-refractivity contribution in [1.82, 2.24) is 9.80 Å². The highest BCUT2D eigenvalue weighted by Crippen LogP contribution is 2.57. The summed E-state index contributed by atoms with van der Waals surface area (Å²) in [6.07, 6.45) is 73.4. The minimum Gasteiger partial charge on any atom is -0.508 e. The predicted octanol–water partition coefficient (Wildman–Crippen LogP) is 18.3. The van der Waals surface area contributed by atoms with E-state index in [9.17, 15) is 14.7 Å². The van der Waals surface area contributed by atoms with Gasteiger partial charge in [0.1, 0.15) is 11.5 Å². The number of rotatable bonds is 27. The number of likely N-dealkylation sites (N-methyl/N-ethyl adjacent to an activating group) is 2. The summed E-state index contributed by atoms with van der Waals surface area (Å²) in [4.78, 5) is 28.1. The third-order valence-corrected chi connectivity index (χ3v) is 18.2. The third-order valence-electron chi connectivity index (χ3n) is 18.2. The fourth-order valence-corrected chi connectivity index (χ4v) is 14.1. The van der Waals surface area contributed by atoms with Crippen LogP contribution in [0.4, 0.5) is 0 Å². The number of unbranched alkanes of at least 4 members (excludes halogenated alkanes) is 2. The molecule has 81 heavy (non-hydrogen) atoms. The molecule has 4 bridgehead atoms. The van der Waals surface area contributed by atoms with Gasteiger partial charge in [0.05, 0.1) is 0 Å². The van der Waals surface area contributed by atoms with E-state index >= 15 is 0 Å². The number of esters is 1. The van der Waals surface area contributed by atoms with E-state index in [4.69, 9.17) is 9.84 Å².